The summed E-state index contributed by atoms with van der Waals surface area (Å²) >= 11 is 0. The van der Waals surface area contributed by atoms with Crippen LogP contribution in [0.5, 0.6) is 0 Å². The molecule has 0 spiro atoms. The van der Waals surface area contributed by atoms with Crippen LogP contribution in [0.15, 0.2) is 78.9 Å². The molecule has 3 aromatic rings. The normalized spacial score (nSPS) is 14.0. The molecule has 4 rings (SSSR count). The molecule has 0 saturated carbocycles. The fourth-order valence-corrected chi connectivity index (χ4v) is 3.56. The Morgan fingerprint density at radius 1 is 0.704 bits per heavy atom. The summed E-state index contributed by atoms with van der Waals surface area (Å²) < 4.78 is 0. The van der Waals surface area contributed by atoms with Gasteiger partial charge in [-0.05, 0) is 66.8 Å². The summed E-state index contributed by atoms with van der Waals surface area (Å²) in [4.78, 5) is 14.9. The first-order valence-corrected chi connectivity index (χ1v) is 9.61. The first-order valence-electron chi connectivity index (χ1n) is 9.61. The minimum Gasteiger partial charge on any atom is -0.372 e. The van der Waals surface area contributed by atoms with Gasteiger partial charge in [0.25, 0.3) is 5.91 Å². The predicted molar refractivity (Wildman–Crippen MR) is 112 cm³/mol. The summed E-state index contributed by atoms with van der Waals surface area (Å²) in [7, 11) is 0. The SMILES string of the molecule is O=C(Nc1ccc(N2CCCCC2)cc1)c1ccc(-c2ccccc2)cc1. The van der Waals surface area contributed by atoms with Crippen LogP contribution in [-0.2, 0) is 0 Å². The Morgan fingerprint density at radius 3 is 2.00 bits per heavy atom. The van der Waals surface area contributed by atoms with Crippen LogP contribution in [0.4, 0.5) is 11.4 Å². The molecule has 0 radical (unpaired) electrons. The first kappa shape index (κ1) is 17.3. The highest BCUT2D eigenvalue weighted by Crippen LogP contribution is 2.23. The number of nitrogens with zero attached hydrogens (tertiary/aromatic N) is 1. The Kier molecular flexibility index (Phi) is 5.20. The van der Waals surface area contributed by atoms with Crippen LogP contribution >= 0.6 is 0 Å². The van der Waals surface area contributed by atoms with Crippen LogP contribution in [0.1, 0.15) is 29.6 Å². The van der Waals surface area contributed by atoms with Crippen molar-refractivity contribution < 1.29 is 4.79 Å². The highest BCUT2D eigenvalue weighted by atomic mass is 16.1. The third kappa shape index (κ3) is 4.20. The van der Waals surface area contributed by atoms with E-state index in [9.17, 15) is 4.79 Å². The lowest BCUT2D eigenvalue weighted by Gasteiger charge is -2.28. The third-order valence-corrected chi connectivity index (χ3v) is 5.10. The van der Waals surface area contributed by atoms with Gasteiger partial charge in [-0.3, -0.25) is 4.79 Å². The highest BCUT2D eigenvalue weighted by Gasteiger charge is 2.11. The molecular weight excluding hydrogens is 332 g/mol. The van der Waals surface area contributed by atoms with Gasteiger partial charge in [0.05, 0.1) is 0 Å². The lowest BCUT2D eigenvalue weighted by Crippen LogP contribution is -2.29. The van der Waals surface area contributed by atoms with Crippen LogP contribution in [0.3, 0.4) is 0 Å². The molecule has 1 N–H and O–H groups in total. The molecule has 27 heavy (non-hydrogen) atoms. The molecule has 0 aromatic heterocycles. The average molecular weight is 356 g/mol. The van der Waals surface area contributed by atoms with Gasteiger partial charge in [-0.2, -0.15) is 0 Å². The summed E-state index contributed by atoms with van der Waals surface area (Å²) in [6.45, 7) is 2.25. The van der Waals surface area contributed by atoms with Crippen molar-refractivity contribution in [3.8, 4) is 11.1 Å². The Bertz CT molecular complexity index is 880. The maximum atomic E-state index is 12.5. The van der Waals surface area contributed by atoms with Gasteiger partial charge in [0.15, 0.2) is 0 Å². The molecule has 1 aliphatic rings. The first-order chi connectivity index (χ1) is 13.3. The molecule has 3 aromatic carbocycles. The number of carbonyl (C=O) groups excluding carboxylic acids is 1. The Hall–Kier alpha value is -3.07. The summed E-state index contributed by atoms with van der Waals surface area (Å²) in [6.07, 6.45) is 3.85. The summed E-state index contributed by atoms with van der Waals surface area (Å²) in [5.41, 5.74) is 4.98. The molecule has 0 atom stereocenters. The largest absolute Gasteiger partial charge is 0.372 e. The van der Waals surface area contributed by atoms with E-state index in [0.29, 0.717) is 5.56 Å². The summed E-state index contributed by atoms with van der Waals surface area (Å²) in [6, 6.07) is 26.1. The zero-order valence-electron chi connectivity index (χ0n) is 15.4. The van der Waals surface area contributed by atoms with Crippen molar-refractivity contribution in [1.29, 1.82) is 0 Å². The fraction of sp³-hybridized carbons (Fsp3) is 0.208. The molecule has 1 heterocycles. The number of amides is 1. The van der Waals surface area contributed by atoms with E-state index in [4.69, 9.17) is 0 Å². The van der Waals surface area contributed by atoms with E-state index in [-0.39, 0.29) is 5.91 Å². The molecule has 0 aliphatic carbocycles. The molecule has 136 valence electrons. The van der Waals surface area contributed by atoms with Gasteiger partial charge in [0.1, 0.15) is 0 Å². The second-order valence-electron chi connectivity index (χ2n) is 6.99. The second kappa shape index (κ2) is 8.09. The lowest BCUT2D eigenvalue weighted by molar-refractivity contribution is 0.102. The smallest absolute Gasteiger partial charge is 0.255 e. The molecule has 1 aliphatic heterocycles. The third-order valence-electron chi connectivity index (χ3n) is 5.10. The standard InChI is InChI=1S/C24H24N2O/c27-24(21-11-9-20(10-12-21)19-7-3-1-4-8-19)25-22-13-15-23(16-14-22)26-17-5-2-6-18-26/h1,3-4,7-16H,2,5-6,17-18H2,(H,25,27). The van der Waals surface area contributed by atoms with Crippen LogP contribution in [0, 0.1) is 0 Å². The number of hydrogen-bond acceptors (Lipinski definition) is 2. The van der Waals surface area contributed by atoms with Gasteiger partial charge >= 0.3 is 0 Å². The average Bonchev–Trinajstić information content (AvgIpc) is 2.76. The molecule has 3 nitrogen and oxygen atoms in total. The van der Waals surface area contributed by atoms with Gasteiger partial charge in [-0.15, -0.1) is 0 Å². The van der Waals surface area contributed by atoms with E-state index in [1.165, 1.54) is 24.9 Å². The quantitative estimate of drug-likeness (QED) is 0.660. The van der Waals surface area contributed by atoms with Crippen molar-refractivity contribution in [3.63, 3.8) is 0 Å². The van der Waals surface area contributed by atoms with E-state index < -0.39 is 0 Å². The summed E-state index contributed by atoms with van der Waals surface area (Å²) in [5.74, 6) is -0.0830. The van der Waals surface area contributed by atoms with Crippen molar-refractivity contribution in [2.45, 2.75) is 19.3 Å². The monoisotopic (exact) mass is 356 g/mol. The Labute approximate surface area is 160 Å². The van der Waals surface area contributed by atoms with Crippen LogP contribution in [0.2, 0.25) is 0 Å². The second-order valence-corrected chi connectivity index (χ2v) is 6.99. The van der Waals surface area contributed by atoms with Crippen LogP contribution in [0.25, 0.3) is 11.1 Å². The molecule has 1 saturated heterocycles. The van der Waals surface area contributed by atoms with Gasteiger partial charge in [0, 0.05) is 30.0 Å². The van der Waals surface area contributed by atoms with Crippen LogP contribution in [-0.4, -0.2) is 19.0 Å². The van der Waals surface area contributed by atoms with E-state index in [0.717, 1.165) is 29.9 Å². The lowest BCUT2D eigenvalue weighted by atomic mass is 10.0. The predicted octanol–water partition coefficient (Wildman–Crippen LogP) is 5.60. The van der Waals surface area contributed by atoms with Gasteiger partial charge in [-0.25, -0.2) is 0 Å². The number of anilines is 2. The van der Waals surface area contributed by atoms with E-state index >= 15 is 0 Å². The minimum atomic E-state index is -0.0830. The zero-order valence-corrected chi connectivity index (χ0v) is 15.4. The van der Waals surface area contributed by atoms with Crippen molar-refractivity contribution in [1.82, 2.24) is 0 Å². The van der Waals surface area contributed by atoms with Gasteiger partial charge in [-0.1, -0.05) is 42.5 Å². The van der Waals surface area contributed by atoms with E-state index in [1.54, 1.807) is 0 Å². The number of nitrogens with one attached hydrogen (secondary N) is 1. The maximum absolute atomic E-state index is 12.5. The molecule has 3 heteroatoms. The van der Waals surface area contributed by atoms with Crippen molar-refractivity contribution in [3.05, 3.63) is 84.4 Å². The number of hydrogen-bond donors (Lipinski definition) is 1. The topological polar surface area (TPSA) is 32.3 Å². The minimum absolute atomic E-state index is 0.0830. The van der Waals surface area contributed by atoms with E-state index in [2.05, 4.69) is 34.5 Å². The number of benzene rings is 3. The number of rotatable bonds is 4. The highest BCUT2D eigenvalue weighted by molar-refractivity contribution is 6.04. The van der Waals surface area contributed by atoms with Gasteiger partial charge < -0.3 is 10.2 Å². The van der Waals surface area contributed by atoms with Crippen molar-refractivity contribution >= 4 is 17.3 Å². The number of carbonyl (C=O) groups is 1. The Balaban J connectivity index is 1.41. The van der Waals surface area contributed by atoms with Crippen LogP contribution < -0.4 is 10.2 Å². The molecule has 1 amide bonds. The molecular formula is C24H24N2O. The van der Waals surface area contributed by atoms with Crippen molar-refractivity contribution in [2.24, 2.45) is 0 Å². The van der Waals surface area contributed by atoms with E-state index in [1.807, 2.05) is 54.6 Å². The Morgan fingerprint density at radius 2 is 1.33 bits per heavy atom. The molecule has 1 fully saturated rings. The maximum Gasteiger partial charge on any atom is 0.255 e. The van der Waals surface area contributed by atoms with Gasteiger partial charge in [0.2, 0.25) is 0 Å². The summed E-state index contributed by atoms with van der Waals surface area (Å²) in [5, 5.41) is 2.99. The fourth-order valence-electron chi connectivity index (χ4n) is 3.56. The van der Waals surface area contributed by atoms with Crippen molar-refractivity contribution in [2.75, 3.05) is 23.3 Å². The molecule has 0 bridgehead atoms. The zero-order chi connectivity index (χ0) is 18.5. The number of piperidine rings is 1. The molecule has 0 unspecified atom stereocenters.